The molecule has 10 atom stereocenters. The molecule has 0 aromatic heterocycles. The van der Waals surface area contributed by atoms with Gasteiger partial charge in [0.1, 0.15) is 36.6 Å². The molecule has 0 aliphatic carbocycles. The van der Waals surface area contributed by atoms with Gasteiger partial charge in [-0.3, -0.25) is 0 Å². The predicted octanol–water partition coefficient (Wildman–Crippen LogP) is -3.05. The number of ether oxygens (including phenoxy) is 3. The maximum atomic E-state index is 11.0. The van der Waals surface area contributed by atoms with E-state index >= 15 is 0 Å². The zero-order valence-electron chi connectivity index (χ0n) is 13.3. The quantitative estimate of drug-likeness (QED) is 0.271. The summed E-state index contributed by atoms with van der Waals surface area (Å²) in [5.41, 5.74) is 0. The van der Waals surface area contributed by atoms with Crippen molar-refractivity contribution in [3.8, 4) is 0 Å². The van der Waals surface area contributed by atoms with Gasteiger partial charge in [0.15, 0.2) is 12.4 Å². The lowest BCUT2D eigenvalue weighted by Gasteiger charge is -2.44. The maximum absolute atomic E-state index is 11.0. The minimum atomic E-state index is -1.84. The van der Waals surface area contributed by atoms with E-state index in [-0.39, 0.29) is 6.15 Å². The number of hydrogen-bond acceptors (Lipinski definition) is 10. The molecule has 0 aromatic carbocycles. The van der Waals surface area contributed by atoms with Crippen molar-refractivity contribution in [1.29, 1.82) is 0 Å². The van der Waals surface area contributed by atoms with Gasteiger partial charge in [0.05, 0.1) is 12.2 Å². The Hall–Kier alpha value is -0.890. The van der Waals surface area contributed by atoms with Crippen molar-refractivity contribution < 1.29 is 49.6 Å². The zero-order valence-corrected chi connectivity index (χ0v) is 13.3. The van der Waals surface area contributed by atoms with Gasteiger partial charge in [-0.25, -0.2) is 4.79 Å². The lowest BCUT2D eigenvalue weighted by Crippen LogP contribution is -2.63. The first-order valence-electron chi connectivity index (χ1n) is 7.24. The number of hydrogen-bond donors (Lipinski definition) is 7. The standard InChI is InChI=1S/C13H22O10.H3N/c1-3-5(14)7(16)10(4(2)21-3)22-13-9(18)6(15)8(17)11(23-13)12(19)20;/h3-11,13-18H,1-2H3,(H,19,20);1H3. The van der Waals surface area contributed by atoms with Gasteiger partial charge in [-0.05, 0) is 13.8 Å². The maximum Gasteiger partial charge on any atom is 0.335 e. The second-order valence-corrected chi connectivity index (χ2v) is 5.86. The van der Waals surface area contributed by atoms with Crippen LogP contribution in [-0.4, -0.2) is 97.8 Å². The lowest BCUT2D eigenvalue weighted by atomic mass is 9.95. The summed E-state index contributed by atoms with van der Waals surface area (Å²) in [4.78, 5) is 11.0. The molecule has 2 fully saturated rings. The Morgan fingerprint density at radius 2 is 1.42 bits per heavy atom. The van der Waals surface area contributed by atoms with Crippen LogP contribution in [0.4, 0.5) is 0 Å². The fourth-order valence-electron chi connectivity index (χ4n) is 2.76. The van der Waals surface area contributed by atoms with Crippen molar-refractivity contribution in [3.05, 3.63) is 0 Å². The molecule has 9 N–H and O–H groups in total. The first-order chi connectivity index (χ1) is 10.6. The number of rotatable bonds is 3. The minimum absolute atomic E-state index is 0. The van der Waals surface area contributed by atoms with E-state index in [9.17, 15) is 30.3 Å². The molecule has 0 aromatic rings. The Kier molecular flexibility index (Phi) is 7.04. The number of carboxylic acids is 1. The molecule has 2 aliphatic rings. The van der Waals surface area contributed by atoms with E-state index in [2.05, 4.69) is 0 Å². The normalized spacial score (nSPS) is 49.3. The van der Waals surface area contributed by atoms with Crippen LogP contribution in [-0.2, 0) is 19.0 Å². The van der Waals surface area contributed by atoms with Crippen molar-refractivity contribution in [3.63, 3.8) is 0 Å². The first-order valence-corrected chi connectivity index (χ1v) is 7.24. The van der Waals surface area contributed by atoms with Gasteiger partial charge in [0, 0.05) is 0 Å². The topological polar surface area (TPSA) is 201 Å². The van der Waals surface area contributed by atoms with Crippen LogP contribution in [0.5, 0.6) is 0 Å². The van der Waals surface area contributed by atoms with Crippen molar-refractivity contribution >= 4 is 5.97 Å². The van der Waals surface area contributed by atoms with E-state index in [0.29, 0.717) is 0 Å². The molecule has 10 unspecified atom stereocenters. The molecular weight excluding hydrogens is 330 g/mol. The Labute approximate surface area is 138 Å². The highest BCUT2D eigenvalue weighted by Gasteiger charge is 2.50. The molecule has 2 saturated heterocycles. The van der Waals surface area contributed by atoms with Crippen LogP contribution in [0, 0.1) is 0 Å². The van der Waals surface area contributed by atoms with Gasteiger partial charge in [-0.1, -0.05) is 0 Å². The van der Waals surface area contributed by atoms with Crippen LogP contribution < -0.4 is 6.15 Å². The molecule has 24 heavy (non-hydrogen) atoms. The first kappa shape index (κ1) is 21.2. The highest BCUT2D eigenvalue weighted by molar-refractivity contribution is 5.73. The van der Waals surface area contributed by atoms with E-state index in [1.807, 2.05) is 0 Å². The highest BCUT2D eigenvalue weighted by atomic mass is 16.7. The van der Waals surface area contributed by atoms with Gasteiger partial charge >= 0.3 is 5.97 Å². The second-order valence-electron chi connectivity index (χ2n) is 5.86. The van der Waals surface area contributed by atoms with Crippen LogP contribution in [0.1, 0.15) is 13.8 Å². The van der Waals surface area contributed by atoms with Crippen molar-refractivity contribution in [2.45, 2.75) is 75.1 Å². The van der Waals surface area contributed by atoms with Gasteiger partial charge in [0.2, 0.25) is 0 Å². The third kappa shape index (κ3) is 3.85. The monoisotopic (exact) mass is 355 g/mol. The average Bonchev–Trinajstić information content (AvgIpc) is 2.48. The molecule has 11 nitrogen and oxygen atoms in total. The smallest absolute Gasteiger partial charge is 0.335 e. The molecule has 0 spiro atoms. The molecular formula is C13H25NO10. The Morgan fingerprint density at radius 1 is 0.833 bits per heavy atom. The second kappa shape index (κ2) is 7.99. The summed E-state index contributed by atoms with van der Waals surface area (Å²) in [5.74, 6) is -1.54. The summed E-state index contributed by atoms with van der Waals surface area (Å²) in [5, 5.41) is 58.1. The number of carbonyl (C=O) groups is 1. The van der Waals surface area contributed by atoms with Gasteiger partial charge in [0.25, 0.3) is 0 Å². The van der Waals surface area contributed by atoms with E-state index in [0.717, 1.165) is 0 Å². The number of carboxylic acid groups (broad SMARTS) is 1. The largest absolute Gasteiger partial charge is 0.479 e. The summed E-state index contributed by atoms with van der Waals surface area (Å²) >= 11 is 0. The summed E-state index contributed by atoms with van der Waals surface area (Å²) < 4.78 is 15.7. The van der Waals surface area contributed by atoms with Gasteiger partial charge in [-0.15, -0.1) is 0 Å². The van der Waals surface area contributed by atoms with E-state index in [1.54, 1.807) is 13.8 Å². The van der Waals surface area contributed by atoms with E-state index in [4.69, 9.17) is 19.3 Å². The van der Waals surface area contributed by atoms with Crippen molar-refractivity contribution in [2.75, 3.05) is 0 Å². The lowest BCUT2D eigenvalue weighted by molar-refractivity contribution is -0.332. The van der Waals surface area contributed by atoms with Crippen LogP contribution in [0.15, 0.2) is 0 Å². The summed E-state index contributed by atoms with van der Waals surface area (Å²) in [6.45, 7) is 3.12. The molecule has 0 bridgehead atoms. The fourth-order valence-corrected chi connectivity index (χ4v) is 2.76. The average molecular weight is 355 g/mol. The highest BCUT2D eigenvalue weighted by Crippen LogP contribution is 2.28. The van der Waals surface area contributed by atoms with Crippen molar-refractivity contribution in [1.82, 2.24) is 6.15 Å². The Balaban J connectivity index is 0.00000288. The fraction of sp³-hybridized carbons (Fsp3) is 0.923. The molecule has 142 valence electrons. The summed E-state index contributed by atoms with van der Waals surface area (Å²) in [7, 11) is 0. The molecule has 0 radical (unpaired) electrons. The van der Waals surface area contributed by atoms with Crippen molar-refractivity contribution in [2.24, 2.45) is 0 Å². The third-order valence-electron chi connectivity index (χ3n) is 4.16. The third-order valence-corrected chi connectivity index (χ3v) is 4.16. The SMILES string of the molecule is CC1OC(C)C(OC2OC(C(=O)O)C(O)C(O)C2O)C(O)C1O.N. The van der Waals surface area contributed by atoms with E-state index < -0.39 is 67.2 Å². The Morgan fingerprint density at radius 3 is 1.96 bits per heavy atom. The minimum Gasteiger partial charge on any atom is -0.479 e. The number of aliphatic hydroxyl groups is 5. The van der Waals surface area contributed by atoms with Gasteiger partial charge in [-0.2, -0.15) is 0 Å². The van der Waals surface area contributed by atoms with Crippen LogP contribution in [0.2, 0.25) is 0 Å². The summed E-state index contributed by atoms with van der Waals surface area (Å²) in [6.07, 6.45) is -13.9. The molecule has 11 heteroatoms. The molecule has 0 amide bonds. The van der Waals surface area contributed by atoms with Crippen LogP contribution in [0.25, 0.3) is 0 Å². The number of aliphatic carboxylic acids is 1. The molecule has 2 rings (SSSR count). The predicted molar refractivity (Wildman–Crippen MR) is 76.2 cm³/mol. The molecule has 2 heterocycles. The summed E-state index contributed by atoms with van der Waals surface area (Å²) in [6, 6.07) is 0. The molecule has 2 aliphatic heterocycles. The van der Waals surface area contributed by atoms with Crippen LogP contribution in [0.3, 0.4) is 0 Å². The zero-order chi connectivity index (χ0) is 17.5. The Bertz CT molecular complexity index is 437. The van der Waals surface area contributed by atoms with Crippen LogP contribution >= 0.6 is 0 Å². The molecule has 0 saturated carbocycles. The van der Waals surface area contributed by atoms with E-state index in [1.165, 1.54) is 0 Å². The van der Waals surface area contributed by atoms with Gasteiger partial charge < -0.3 is 51.0 Å². The number of aliphatic hydroxyl groups excluding tert-OH is 5.